The highest BCUT2D eigenvalue weighted by Gasteiger charge is 2.54. The first kappa shape index (κ1) is 20.1. The van der Waals surface area contributed by atoms with Crippen LogP contribution in [0, 0.1) is 17.8 Å². The van der Waals surface area contributed by atoms with Gasteiger partial charge in [-0.25, -0.2) is 0 Å². The van der Waals surface area contributed by atoms with E-state index in [0.717, 1.165) is 48.2 Å². The maximum absolute atomic E-state index is 13.2. The van der Waals surface area contributed by atoms with Crippen LogP contribution in [-0.4, -0.2) is 34.1 Å². The number of aromatic nitrogens is 1. The molecule has 5 aliphatic carbocycles. The third-order valence-corrected chi connectivity index (χ3v) is 7.99. The molecule has 7 rings (SSSR count). The summed E-state index contributed by atoms with van der Waals surface area (Å²) < 4.78 is 5.75. The number of rotatable bonds is 7. The molecule has 2 atom stereocenters. The number of anilines is 1. The summed E-state index contributed by atoms with van der Waals surface area (Å²) >= 11 is 0. The molecule has 5 nitrogen and oxygen atoms in total. The van der Waals surface area contributed by atoms with E-state index in [1.165, 1.54) is 12.8 Å². The number of pyridine rings is 1. The molecule has 4 saturated carbocycles. The fraction of sp³-hybridized carbons (Fsp3) is 0.481. The number of nitrogens with one attached hydrogen (secondary N) is 1. The van der Waals surface area contributed by atoms with E-state index >= 15 is 0 Å². The number of benzene rings is 1. The monoisotopic (exact) mass is 430 g/mol. The lowest BCUT2D eigenvalue weighted by atomic mass is 9.52. The van der Waals surface area contributed by atoms with Gasteiger partial charge in [-0.2, -0.15) is 0 Å². The highest BCUT2D eigenvalue weighted by atomic mass is 16.5. The van der Waals surface area contributed by atoms with Crippen molar-refractivity contribution in [2.24, 2.45) is 17.8 Å². The molecule has 32 heavy (non-hydrogen) atoms. The van der Waals surface area contributed by atoms with Crippen LogP contribution < -0.4 is 5.32 Å². The minimum absolute atomic E-state index is 0.0348. The molecule has 5 aliphatic rings. The van der Waals surface area contributed by atoms with Crippen LogP contribution in [0.4, 0.5) is 5.69 Å². The van der Waals surface area contributed by atoms with Crippen LogP contribution in [0.15, 0.2) is 42.6 Å². The fourth-order valence-electron chi connectivity index (χ4n) is 6.86. The Labute approximate surface area is 188 Å². The van der Waals surface area contributed by atoms with Gasteiger partial charge in [-0.3, -0.25) is 9.78 Å². The van der Waals surface area contributed by atoms with Crippen molar-refractivity contribution in [1.29, 1.82) is 0 Å². The number of Topliss-reactive ketones (excluding diaryl/α,β-unsaturated/α-hetero) is 1. The molecule has 4 bridgehead atoms. The Morgan fingerprint density at radius 1 is 1.16 bits per heavy atom. The average Bonchev–Trinajstić information content (AvgIpc) is 3.25. The summed E-state index contributed by atoms with van der Waals surface area (Å²) in [7, 11) is 0. The van der Waals surface area contributed by atoms with Gasteiger partial charge in [-0.1, -0.05) is 42.5 Å². The highest BCUT2D eigenvalue weighted by molar-refractivity contribution is 6.03. The number of fused-ring (bicyclic) bond motifs is 1. The minimum atomic E-state index is -0.460. The zero-order chi connectivity index (χ0) is 21.7. The van der Waals surface area contributed by atoms with Crippen LogP contribution in [-0.2, 0) is 17.8 Å². The molecule has 1 aromatic heterocycles. The summed E-state index contributed by atoms with van der Waals surface area (Å²) in [5, 5.41) is 14.8. The molecule has 0 saturated heterocycles. The molecule has 2 aromatic rings. The SMILES string of the molecule is O=C(COCc1ccccc1)c1cnc2c(c1NC1C3CC4CC1CC(O)(C4)C3)C=CC2. The summed E-state index contributed by atoms with van der Waals surface area (Å²) in [6.07, 6.45) is 11.8. The summed E-state index contributed by atoms with van der Waals surface area (Å²) in [5.74, 6) is 1.56. The van der Waals surface area contributed by atoms with Gasteiger partial charge in [-0.15, -0.1) is 0 Å². The molecule has 2 N–H and O–H groups in total. The molecule has 2 unspecified atom stereocenters. The van der Waals surface area contributed by atoms with E-state index in [4.69, 9.17) is 4.74 Å². The standard InChI is InChI=1S/C27H30N2O3/c30-24(16-32-15-17-5-2-1-3-6-17)22-14-28-23-8-4-7-21(23)26(22)29-25-19-9-18-10-20(25)13-27(31,11-18)12-19/h1-7,14,18-20,25,31H,8-13,15-16H2,(H,28,29). The van der Waals surface area contributed by atoms with Crippen molar-refractivity contribution in [1.82, 2.24) is 4.98 Å². The van der Waals surface area contributed by atoms with E-state index in [1.54, 1.807) is 6.20 Å². The smallest absolute Gasteiger partial charge is 0.192 e. The summed E-state index contributed by atoms with van der Waals surface area (Å²) in [6.45, 7) is 0.452. The minimum Gasteiger partial charge on any atom is -0.390 e. The predicted octanol–water partition coefficient (Wildman–Crippen LogP) is 4.40. The Balaban J connectivity index is 1.23. The van der Waals surface area contributed by atoms with Gasteiger partial charge in [0.15, 0.2) is 5.78 Å². The Kier molecular flexibility index (Phi) is 4.92. The third kappa shape index (κ3) is 3.57. The fourth-order valence-corrected chi connectivity index (χ4v) is 6.86. The second kappa shape index (κ2) is 7.82. The van der Waals surface area contributed by atoms with Crippen LogP contribution in [0.1, 0.15) is 59.3 Å². The predicted molar refractivity (Wildman–Crippen MR) is 123 cm³/mol. The van der Waals surface area contributed by atoms with E-state index in [-0.39, 0.29) is 12.4 Å². The molecular formula is C27H30N2O3. The van der Waals surface area contributed by atoms with Gasteiger partial charge in [0.1, 0.15) is 6.61 Å². The first-order valence-corrected chi connectivity index (χ1v) is 11.9. The van der Waals surface area contributed by atoms with Gasteiger partial charge in [0.2, 0.25) is 0 Å². The van der Waals surface area contributed by atoms with Crippen LogP contribution in [0.2, 0.25) is 0 Å². The number of nitrogens with zero attached hydrogens (tertiary/aromatic N) is 1. The number of ether oxygens (including phenoxy) is 1. The summed E-state index contributed by atoms with van der Waals surface area (Å²) in [6, 6.07) is 10.2. The first-order chi connectivity index (χ1) is 15.6. The number of carbonyl (C=O) groups excluding carboxylic acids is 1. The van der Waals surface area contributed by atoms with Crippen molar-refractivity contribution in [3.05, 3.63) is 65.0 Å². The first-order valence-electron chi connectivity index (χ1n) is 11.9. The number of aliphatic hydroxyl groups is 1. The van der Waals surface area contributed by atoms with Gasteiger partial charge in [0.05, 0.1) is 29.2 Å². The molecule has 1 heterocycles. The lowest BCUT2D eigenvalue weighted by Crippen LogP contribution is -2.59. The van der Waals surface area contributed by atoms with Gasteiger partial charge >= 0.3 is 0 Å². The van der Waals surface area contributed by atoms with Crippen molar-refractivity contribution < 1.29 is 14.6 Å². The van der Waals surface area contributed by atoms with Gasteiger partial charge in [-0.05, 0) is 55.4 Å². The average molecular weight is 431 g/mol. The molecule has 0 amide bonds. The van der Waals surface area contributed by atoms with Gasteiger partial charge in [0, 0.05) is 24.2 Å². The zero-order valence-corrected chi connectivity index (χ0v) is 18.3. The molecule has 4 fully saturated rings. The molecule has 0 spiro atoms. The lowest BCUT2D eigenvalue weighted by molar-refractivity contribution is -0.129. The molecule has 0 aliphatic heterocycles. The van der Waals surface area contributed by atoms with Crippen LogP contribution in [0.25, 0.3) is 6.08 Å². The number of hydrogen-bond donors (Lipinski definition) is 2. The van der Waals surface area contributed by atoms with Gasteiger partial charge in [0.25, 0.3) is 0 Å². The maximum Gasteiger partial charge on any atom is 0.192 e. The van der Waals surface area contributed by atoms with Crippen LogP contribution >= 0.6 is 0 Å². The second-order valence-electron chi connectivity index (χ2n) is 10.3. The Morgan fingerprint density at radius 2 is 1.94 bits per heavy atom. The Morgan fingerprint density at radius 3 is 2.69 bits per heavy atom. The third-order valence-electron chi connectivity index (χ3n) is 7.99. The number of allylic oxidation sites excluding steroid dienone is 1. The van der Waals surface area contributed by atoms with E-state index < -0.39 is 5.60 Å². The van der Waals surface area contributed by atoms with Gasteiger partial charge < -0.3 is 15.2 Å². The molecular weight excluding hydrogens is 400 g/mol. The van der Waals surface area contributed by atoms with E-state index in [1.807, 2.05) is 30.3 Å². The molecule has 166 valence electrons. The normalized spacial score (nSPS) is 31.7. The van der Waals surface area contributed by atoms with Crippen molar-refractivity contribution in [2.45, 2.75) is 56.8 Å². The summed E-state index contributed by atoms with van der Waals surface area (Å²) in [5.41, 5.74) is 4.21. The molecule has 5 heteroatoms. The highest BCUT2D eigenvalue weighted by Crippen LogP contribution is 2.56. The van der Waals surface area contributed by atoms with Crippen LogP contribution in [0.3, 0.4) is 0 Å². The molecule has 1 aromatic carbocycles. The Hall–Kier alpha value is -2.50. The Bertz CT molecular complexity index is 1050. The number of hydrogen-bond acceptors (Lipinski definition) is 5. The van der Waals surface area contributed by atoms with Crippen molar-refractivity contribution in [2.75, 3.05) is 11.9 Å². The molecule has 0 radical (unpaired) electrons. The summed E-state index contributed by atoms with van der Waals surface area (Å²) in [4.78, 5) is 17.8. The van der Waals surface area contributed by atoms with E-state index in [2.05, 4.69) is 22.5 Å². The van der Waals surface area contributed by atoms with Crippen molar-refractivity contribution >= 4 is 17.5 Å². The van der Waals surface area contributed by atoms with Crippen LogP contribution in [0.5, 0.6) is 0 Å². The van der Waals surface area contributed by atoms with E-state index in [0.29, 0.717) is 36.0 Å². The second-order valence-corrected chi connectivity index (χ2v) is 10.3. The maximum atomic E-state index is 13.2. The van der Waals surface area contributed by atoms with Crippen molar-refractivity contribution in [3.8, 4) is 0 Å². The number of ketones is 1. The topological polar surface area (TPSA) is 71.5 Å². The van der Waals surface area contributed by atoms with Crippen molar-refractivity contribution in [3.63, 3.8) is 0 Å². The zero-order valence-electron chi connectivity index (χ0n) is 18.3. The largest absolute Gasteiger partial charge is 0.390 e. The quantitative estimate of drug-likeness (QED) is 0.637. The van der Waals surface area contributed by atoms with E-state index in [9.17, 15) is 9.90 Å². The number of carbonyl (C=O) groups is 1. The lowest BCUT2D eigenvalue weighted by Gasteiger charge is -2.58.